The molecule has 1 nitrogen and oxygen atoms in total. The molecule has 0 aliphatic rings. The SMILES string of the molecule is CCCCC(O)Sc1ccccc1. The maximum Gasteiger partial charge on any atom is 0.104 e. The zero-order valence-electron chi connectivity index (χ0n) is 7.94. The maximum atomic E-state index is 9.60. The zero-order chi connectivity index (χ0) is 9.52. The average molecular weight is 196 g/mol. The Labute approximate surface area is 84.2 Å². The molecule has 0 fully saturated rings. The van der Waals surface area contributed by atoms with Crippen LogP contribution in [-0.2, 0) is 0 Å². The van der Waals surface area contributed by atoms with Crippen LogP contribution in [-0.4, -0.2) is 10.5 Å². The third kappa shape index (κ3) is 4.34. The first-order valence-corrected chi connectivity index (χ1v) is 5.60. The zero-order valence-corrected chi connectivity index (χ0v) is 8.76. The van der Waals surface area contributed by atoms with Crippen LogP contribution in [0.3, 0.4) is 0 Å². The van der Waals surface area contributed by atoms with E-state index >= 15 is 0 Å². The molecule has 2 heteroatoms. The van der Waals surface area contributed by atoms with E-state index in [4.69, 9.17) is 0 Å². The van der Waals surface area contributed by atoms with E-state index in [9.17, 15) is 5.11 Å². The molecular weight excluding hydrogens is 180 g/mol. The fourth-order valence-electron chi connectivity index (χ4n) is 1.09. The average Bonchev–Trinajstić information content (AvgIpc) is 2.16. The van der Waals surface area contributed by atoms with Crippen molar-refractivity contribution < 1.29 is 5.11 Å². The molecule has 0 aliphatic heterocycles. The number of benzene rings is 1. The number of aliphatic hydroxyl groups is 1. The number of aliphatic hydroxyl groups excluding tert-OH is 1. The molecule has 1 aromatic carbocycles. The Morgan fingerprint density at radius 2 is 2.00 bits per heavy atom. The number of rotatable bonds is 5. The lowest BCUT2D eigenvalue weighted by atomic mass is 10.3. The van der Waals surface area contributed by atoms with E-state index in [0.29, 0.717) is 0 Å². The molecule has 1 atom stereocenters. The van der Waals surface area contributed by atoms with Gasteiger partial charge in [-0.15, -0.1) is 0 Å². The molecule has 1 N–H and O–H groups in total. The first kappa shape index (κ1) is 10.6. The van der Waals surface area contributed by atoms with Gasteiger partial charge >= 0.3 is 0 Å². The first-order chi connectivity index (χ1) is 6.33. The van der Waals surface area contributed by atoms with Crippen LogP contribution < -0.4 is 0 Å². The van der Waals surface area contributed by atoms with Crippen molar-refractivity contribution in [2.24, 2.45) is 0 Å². The van der Waals surface area contributed by atoms with Crippen LogP contribution in [0.1, 0.15) is 26.2 Å². The molecule has 0 saturated heterocycles. The molecule has 72 valence electrons. The molecule has 1 aromatic rings. The van der Waals surface area contributed by atoms with Gasteiger partial charge in [0.25, 0.3) is 0 Å². The fourth-order valence-corrected chi connectivity index (χ4v) is 2.01. The van der Waals surface area contributed by atoms with E-state index < -0.39 is 0 Å². The van der Waals surface area contributed by atoms with Crippen molar-refractivity contribution in [2.45, 2.75) is 36.5 Å². The summed E-state index contributed by atoms with van der Waals surface area (Å²) in [6, 6.07) is 10.0. The van der Waals surface area contributed by atoms with Crippen LogP contribution in [0.15, 0.2) is 35.2 Å². The van der Waals surface area contributed by atoms with E-state index in [2.05, 4.69) is 6.92 Å². The Bertz CT molecular complexity index is 223. The summed E-state index contributed by atoms with van der Waals surface area (Å²) < 4.78 is 0. The Hall–Kier alpha value is -0.470. The highest BCUT2D eigenvalue weighted by Gasteiger charge is 2.04. The summed E-state index contributed by atoms with van der Waals surface area (Å²) in [6.45, 7) is 2.14. The Kier molecular flexibility index (Phi) is 4.94. The topological polar surface area (TPSA) is 20.2 Å². The first-order valence-electron chi connectivity index (χ1n) is 4.72. The third-order valence-electron chi connectivity index (χ3n) is 1.82. The second kappa shape index (κ2) is 6.06. The smallest absolute Gasteiger partial charge is 0.104 e. The van der Waals surface area contributed by atoms with Crippen LogP contribution in [0, 0.1) is 0 Å². The van der Waals surface area contributed by atoms with Crippen molar-refractivity contribution in [2.75, 3.05) is 0 Å². The molecule has 13 heavy (non-hydrogen) atoms. The third-order valence-corrected chi connectivity index (χ3v) is 2.87. The normalized spacial score (nSPS) is 12.8. The predicted molar refractivity (Wildman–Crippen MR) is 57.8 cm³/mol. The van der Waals surface area contributed by atoms with Crippen molar-refractivity contribution in [3.63, 3.8) is 0 Å². The second-order valence-corrected chi connectivity index (χ2v) is 4.28. The van der Waals surface area contributed by atoms with Gasteiger partial charge in [-0.3, -0.25) is 0 Å². The summed E-state index contributed by atoms with van der Waals surface area (Å²) in [7, 11) is 0. The highest BCUT2D eigenvalue weighted by Crippen LogP contribution is 2.24. The summed E-state index contributed by atoms with van der Waals surface area (Å²) in [5, 5.41) is 9.60. The van der Waals surface area contributed by atoms with E-state index in [1.807, 2.05) is 30.3 Å². The Morgan fingerprint density at radius 3 is 2.62 bits per heavy atom. The second-order valence-electron chi connectivity index (χ2n) is 3.03. The van der Waals surface area contributed by atoms with Crippen LogP contribution in [0.5, 0.6) is 0 Å². The quantitative estimate of drug-likeness (QED) is 0.576. The number of hydrogen-bond acceptors (Lipinski definition) is 2. The molecule has 0 saturated carbocycles. The molecule has 0 heterocycles. The van der Waals surface area contributed by atoms with E-state index in [1.165, 1.54) is 11.8 Å². The van der Waals surface area contributed by atoms with Gasteiger partial charge in [0.05, 0.1) is 0 Å². The lowest BCUT2D eigenvalue weighted by Gasteiger charge is -2.08. The highest BCUT2D eigenvalue weighted by atomic mass is 32.2. The minimum absolute atomic E-state index is 0.248. The summed E-state index contributed by atoms with van der Waals surface area (Å²) in [4.78, 5) is 1.14. The van der Waals surface area contributed by atoms with Crippen molar-refractivity contribution in [3.8, 4) is 0 Å². The molecule has 0 radical (unpaired) electrons. The summed E-state index contributed by atoms with van der Waals surface area (Å²) in [5.74, 6) is 0. The monoisotopic (exact) mass is 196 g/mol. The minimum atomic E-state index is -0.248. The summed E-state index contributed by atoms with van der Waals surface area (Å²) >= 11 is 1.54. The lowest BCUT2D eigenvalue weighted by molar-refractivity contribution is 0.249. The van der Waals surface area contributed by atoms with Gasteiger partial charge in [0, 0.05) is 4.90 Å². The summed E-state index contributed by atoms with van der Waals surface area (Å²) in [6.07, 6.45) is 3.13. The van der Waals surface area contributed by atoms with Gasteiger partial charge in [-0.25, -0.2) is 0 Å². The Morgan fingerprint density at radius 1 is 1.31 bits per heavy atom. The predicted octanol–water partition coefficient (Wildman–Crippen LogP) is 3.29. The largest absolute Gasteiger partial charge is 0.382 e. The van der Waals surface area contributed by atoms with Crippen LogP contribution in [0.4, 0.5) is 0 Å². The number of thioether (sulfide) groups is 1. The van der Waals surface area contributed by atoms with Crippen LogP contribution in [0.25, 0.3) is 0 Å². The molecule has 0 bridgehead atoms. The van der Waals surface area contributed by atoms with Crippen molar-refractivity contribution >= 4 is 11.8 Å². The number of unbranched alkanes of at least 4 members (excludes halogenated alkanes) is 1. The highest BCUT2D eigenvalue weighted by molar-refractivity contribution is 7.99. The van der Waals surface area contributed by atoms with Gasteiger partial charge in [0.15, 0.2) is 0 Å². The Balaban J connectivity index is 2.32. The van der Waals surface area contributed by atoms with Crippen molar-refractivity contribution in [1.82, 2.24) is 0 Å². The minimum Gasteiger partial charge on any atom is -0.382 e. The lowest BCUT2D eigenvalue weighted by Crippen LogP contribution is -1.99. The molecule has 0 spiro atoms. The van der Waals surface area contributed by atoms with Crippen LogP contribution >= 0.6 is 11.8 Å². The maximum absolute atomic E-state index is 9.60. The van der Waals surface area contributed by atoms with Gasteiger partial charge in [-0.2, -0.15) is 0 Å². The molecule has 0 aromatic heterocycles. The van der Waals surface area contributed by atoms with E-state index in [-0.39, 0.29) is 5.44 Å². The molecule has 0 amide bonds. The van der Waals surface area contributed by atoms with Crippen LogP contribution in [0.2, 0.25) is 0 Å². The van der Waals surface area contributed by atoms with Crippen molar-refractivity contribution in [1.29, 1.82) is 0 Å². The molecule has 0 aliphatic carbocycles. The standard InChI is InChI=1S/C11H16OS/c1-2-3-9-11(12)13-10-7-5-4-6-8-10/h4-8,11-12H,2-3,9H2,1H3. The fraction of sp³-hybridized carbons (Fsp3) is 0.455. The van der Waals surface area contributed by atoms with Gasteiger partial charge in [0.2, 0.25) is 0 Å². The van der Waals surface area contributed by atoms with Gasteiger partial charge in [-0.05, 0) is 18.6 Å². The molecular formula is C11H16OS. The summed E-state index contributed by atoms with van der Waals surface area (Å²) in [5.41, 5.74) is -0.248. The van der Waals surface area contributed by atoms with Gasteiger partial charge in [0.1, 0.15) is 5.44 Å². The van der Waals surface area contributed by atoms with E-state index in [1.54, 1.807) is 0 Å². The van der Waals surface area contributed by atoms with Gasteiger partial charge in [-0.1, -0.05) is 49.7 Å². The van der Waals surface area contributed by atoms with E-state index in [0.717, 1.165) is 24.2 Å². The van der Waals surface area contributed by atoms with Crippen molar-refractivity contribution in [3.05, 3.63) is 30.3 Å². The van der Waals surface area contributed by atoms with Gasteiger partial charge < -0.3 is 5.11 Å². The molecule has 1 unspecified atom stereocenters. The molecule has 1 rings (SSSR count). The number of hydrogen-bond donors (Lipinski definition) is 1.